The van der Waals surface area contributed by atoms with Crippen molar-refractivity contribution in [2.24, 2.45) is 0 Å². The SMILES string of the molecule is O=[N+]([O-])c1ccc(CN(Cc2ccc([N+](=O)[O-])cc2)c2ccccc2F)cc1. The predicted octanol–water partition coefficient (Wildman–Crippen LogP) is 4.85. The molecule has 0 bridgehead atoms. The highest BCUT2D eigenvalue weighted by Gasteiger charge is 2.14. The van der Waals surface area contributed by atoms with Crippen molar-refractivity contribution >= 4 is 17.1 Å². The first kappa shape index (κ1) is 19.0. The molecular formula is C20H16FN3O4. The Kier molecular flexibility index (Phi) is 5.59. The van der Waals surface area contributed by atoms with Crippen LogP contribution >= 0.6 is 0 Å². The monoisotopic (exact) mass is 381 g/mol. The lowest BCUT2D eigenvalue weighted by atomic mass is 10.1. The predicted molar refractivity (Wildman–Crippen MR) is 102 cm³/mol. The molecule has 0 aromatic heterocycles. The molecule has 0 saturated heterocycles. The van der Waals surface area contributed by atoms with Crippen LogP contribution in [0.1, 0.15) is 11.1 Å². The van der Waals surface area contributed by atoms with Crippen molar-refractivity contribution in [2.75, 3.05) is 4.90 Å². The molecule has 0 heterocycles. The Labute approximate surface area is 160 Å². The van der Waals surface area contributed by atoms with E-state index in [0.717, 1.165) is 11.1 Å². The van der Waals surface area contributed by atoms with Crippen LogP contribution < -0.4 is 4.90 Å². The molecule has 0 amide bonds. The number of nitro benzene ring substituents is 2. The molecule has 0 spiro atoms. The van der Waals surface area contributed by atoms with E-state index >= 15 is 0 Å². The van der Waals surface area contributed by atoms with E-state index < -0.39 is 15.7 Å². The molecule has 0 saturated carbocycles. The summed E-state index contributed by atoms with van der Waals surface area (Å²) in [4.78, 5) is 22.5. The summed E-state index contributed by atoms with van der Waals surface area (Å²) in [6.45, 7) is 0.631. The summed E-state index contributed by atoms with van der Waals surface area (Å²) >= 11 is 0. The zero-order valence-electron chi connectivity index (χ0n) is 14.7. The Morgan fingerprint density at radius 1 is 0.714 bits per heavy atom. The Balaban J connectivity index is 1.88. The van der Waals surface area contributed by atoms with E-state index in [1.165, 1.54) is 30.3 Å². The van der Waals surface area contributed by atoms with Crippen LogP contribution in [0.2, 0.25) is 0 Å². The van der Waals surface area contributed by atoms with Crippen LogP contribution in [-0.2, 0) is 13.1 Å². The second-order valence-corrected chi connectivity index (χ2v) is 6.15. The van der Waals surface area contributed by atoms with Crippen LogP contribution in [0.5, 0.6) is 0 Å². The highest BCUT2D eigenvalue weighted by atomic mass is 19.1. The molecule has 142 valence electrons. The highest BCUT2D eigenvalue weighted by Crippen LogP contribution is 2.25. The lowest BCUT2D eigenvalue weighted by Gasteiger charge is -2.25. The van der Waals surface area contributed by atoms with Crippen LogP contribution in [0.3, 0.4) is 0 Å². The molecule has 0 atom stereocenters. The van der Waals surface area contributed by atoms with Gasteiger partial charge in [-0.05, 0) is 23.3 Å². The van der Waals surface area contributed by atoms with Crippen molar-refractivity contribution in [3.63, 3.8) is 0 Å². The maximum atomic E-state index is 14.4. The quantitative estimate of drug-likeness (QED) is 0.431. The molecule has 0 N–H and O–H groups in total. The fourth-order valence-corrected chi connectivity index (χ4v) is 2.82. The minimum absolute atomic E-state index is 0.0171. The largest absolute Gasteiger partial charge is 0.361 e. The summed E-state index contributed by atoms with van der Waals surface area (Å²) in [5, 5.41) is 21.6. The number of para-hydroxylation sites is 1. The first-order valence-corrected chi connectivity index (χ1v) is 8.40. The van der Waals surface area contributed by atoms with Gasteiger partial charge >= 0.3 is 0 Å². The summed E-state index contributed by atoms with van der Waals surface area (Å²) in [6, 6.07) is 18.4. The lowest BCUT2D eigenvalue weighted by molar-refractivity contribution is -0.385. The van der Waals surface area contributed by atoms with Gasteiger partial charge in [0.15, 0.2) is 0 Å². The minimum atomic E-state index is -0.477. The number of rotatable bonds is 7. The topological polar surface area (TPSA) is 89.5 Å². The smallest absolute Gasteiger partial charge is 0.269 e. The maximum Gasteiger partial charge on any atom is 0.269 e. The average molecular weight is 381 g/mol. The summed E-state index contributed by atoms with van der Waals surface area (Å²) in [7, 11) is 0. The van der Waals surface area contributed by atoms with Gasteiger partial charge in [0.25, 0.3) is 11.4 Å². The van der Waals surface area contributed by atoms with Crippen LogP contribution in [-0.4, -0.2) is 9.85 Å². The van der Waals surface area contributed by atoms with E-state index in [1.807, 2.05) is 0 Å². The van der Waals surface area contributed by atoms with Gasteiger partial charge in [0.2, 0.25) is 0 Å². The lowest BCUT2D eigenvalue weighted by Crippen LogP contribution is -2.23. The number of hydrogen-bond acceptors (Lipinski definition) is 5. The van der Waals surface area contributed by atoms with Crippen molar-refractivity contribution in [2.45, 2.75) is 13.1 Å². The van der Waals surface area contributed by atoms with Crippen LogP contribution in [0.15, 0.2) is 72.8 Å². The highest BCUT2D eigenvalue weighted by molar-refractivity contribution is 5.49. The molecule has 0 unspecified atom stereocenters. The van der Waals surface area contributed by atoms with Crippen LogP contribution in [0, 0.1) is 26.0 Å². The van der Waals surface area contributed by atoms with Crippen molar-refractivity contribution in [3.05, 3.63) is 110 Å². The number of hydrogen-bond donors (Lipinski definition) is 0. The molecule has 0 radical (unpaired) electrons. The summed E-state index contributed by atoms with van der Waals surface area (Å²) in [5.74, 6) is -0.397. The van der Waals surface area contributed by atoms with Crippen molar-refractivity contribution in [1.29, 1.82) is 0 Å². The van der Waals surface area contributed by atoms with Gasteiger partial charge < -0.3 is 4.90 Å². The Morgan fingerprint density at radius 2 is 1.14 bits per heavy atom. The third kappa shape index (κ3) is 4.47. The zero-order chi connectivity index (χ0) is 20.1. The van der Waals surface area contributed by atoms with Gasteiger partial charge in [0.05, 0.1) is 15.5 Å². The number of nitrogens with zero attached hydrogens (tertiary/aromatic N) is 3. The molecule has 8 heteroatoms. The first-order chi connectivity index (χ1) is 13.4. The third-order valence-electron chi connectivity index (χ3n) is 4.23. The summed E-state index contributed by atoms with van der Waals surface area (Å²) in [6.07, 6.45) is 0. The van der Waals surface area contributed by atoms with E-state index in [-0.39, 0.29) is 11.4 Å². The van der Waals surface area contributed by atoms with Crippen LogP contribution in [0.25, 0.3) is 0 Å². The summed E-state index contributed by atoms with van der Waals surface area (Å²) in [5.41, 5.74) is 1.89. The molecule has 0 aliphatic carbocycles. The zero-order valence-corrected chi connectivity index (χ0v) is 14.7. The normalized spacial score (nSPS) is 10.5. The van der Waals surface area contributed by atoms with E-state index in [9.17, 15) is 24.6 Å². The van der Waals surface area contributed by atoms with E-state index in [1.54, 1.807) is 47.4 Å². The standard InChI is InChI=1S/C20H16FN3O4/c21-19-3-1-2-4-20(19)22(13-15-5-9-17(10-6-15)23(25)26)14-16-7-11-18(12-8-16)24(27)28/h1-12H,13-14H2. The van der Waals surface area contributed by atoms with E-state index in [2.05, 4.69) is 0 Å². The van der Waals surface area contributed by atoms with Gasteiger partial charge in [-0.2, -0.15) is 0 Å². The second-order valence-electron chi connectivity index (χ2n) is 6.15. The number of non-ortho nitro benzene ring substituents is 2. The number of benzene rings is 3. The van der Waals surface area contributed by atoms with Crippen LogP contribution in [0.4, 0.5) is 21.5 Å². The van der Waals surface area contributed by atoms with Gasteiger partial charge in [-0.1, -0.05) is 36.4 Å². The first-order valence-electron chi connectivity index (χ1n) is 8.40. The van der Waals surface area contributed by atoms with Gasteiger partial charge in [-0.3, -0.25) is 20.2 Å². The van der Waals surface area contributed by atoms with Crippen molar-refractivity contribution < 1.29 is 14.2 Å². The molecule has 0 aliphatic rings. The fraction of sp³-hybridized carbons (Fsp3) is 0.100. The van der Waals surface area contributed by atoms with Gasteiger partial charge in [0, 0.05) is 37.4 Å². The van der Waals surface area contributed by atoms with E-state index in [4.69, 9.17) is 0 Å². The molecular weight excluding hydrogens is 365 g/mol. The molecule has 7 nitrogen and oxygen atoms in total. The number of anilines is 1. The molecule has 3 aromatic rings. The van der Waals surface area contributed by atoms with Crippen molar-refractivity contribution in [3.8, 4) is 0 Å². The molecule has 3 rings (SSSR count). The number of nitro groups is 2. The van der Waals surface area contributed by atoms with Gasteiger partial charge in [-0.15, -0.1) is 0 Å². The summed E-state index contributed by atoms with van der Waals surface area (Å²) < 4.78 is 14.4. The number of halogens is 1. The molecule has 0 aliphatic heterocycles. The molecule has 3 aromatic carbocycles. The third-order valence-corrected chi connectivity index (χ3v) is 4.23. The Hall–Kier alpha value is -3.81. The molecule has 0 fully saturated rings. The van der Waals surface area contributed by atoms with Gasteiger partial charge in [-0.25, -0.2) is 4.39 Å². The van der Waals surface area contributed by atoms with E-state index in [0.29, 0.717) is 18.8 Å². The Morgan fingerprint density at radius 3 is 1.54 bits per heavy atom. The second kappa shape index (κ2) is 8.26. The minimum Gasteiger partial charge on any atom is -0.361 e. The fourth-order valence-electron chi connectivity index (χ4n) is 2.82. The molecule has 28 heavy (non-hydrogen) atoms. The average Bonchev–Trinajstić information content (AvgIpc) is 2.69. The maximum absolute atomic E-state index is 14.4. The Bertz CT molecular complexity index is 932. The van der Waals surface area contributed by atoms with Crippen molar-refractivity contribution in [1.82, 2.24) is 0 Å². The van der Waals surface area contributed by atoms with Gasteiger partial charge in [0.1, 0.15) is 5.82 Å².